The first kappa shape index (κ1) is 19.9. The van der Waals surface area contributed by atoms with E-state index in [0.717, 1.165) is 44.1 Å². The molecule has 1 aromatic carbocycles. The minimum Gasteiger partial charge on any atom is -0.378 e. The molecular formula is C21H26ClN5O2. The van der Waals surface area contributed by atoms with E-state index in [1.807, 2.05) is 47.6 Å². The number of piperazine rings is 1. The van der Waals surface area contributed by atoms with Crippen LogP contribution in [0.1, 0.15) is 5.56 Å². The normalized spacial score (nSPS) is 18.0. The van der Waals surface area contributed by atoms with Gasteiger partial charge in [-0.25, -0.2) is 4.79 Å². The molecule has 0 radical (unpaired) electrons. The maximum Gasteiger partial charge on any atom is 0.321 e. The molecule has 1 N–H and O–H groups in total. The van der Waals surface area contributed by atoms with Crippen LogP contribution in [0.15, 0.2) is 42.7 Å². The molecule has 7 nitrogen and oxygen atoms in total. The van der Waals surface area contributed by atoms with Crippen LogP contribution in [0.25, 0.3) is 0 Å². The molecule has 154 valence electrons. The van der Waals surface area contributed by atoms with Gasteiger partial charge in [0.2, 0.25) is 0 Å². The Morgan fingerprint density at radius 1 is 1.03 bits per heavy atom. The van der Waals surface area contributed by atoms with Gasteiger partial charge in [-0.05, 0) is 35.9 Å². The molecule has 2 aliphatic heterocycles. The number of anilines is 2. The summed E-state index contributed by atoms with van der Waals surface area (Å²) >= 11 is 6.20. The minimum atomic E-state index is -0.0784. The third-order valence-electron chi connectivity index (χ3n) is 5.37. The molecule has 1 aromatic heterocycles. The van der Waals surface area contributed by atoms with E-state index >= 15 is 0 Å². The zero-order chi connectivity index (χ0) is 20.1. The summed E-state index contributed by atoms with van der Waals surface area (Å²) < 4.78 is 5.44. The number of rotatable bonds is 4. The molecule has 2 aliphatic rings. The van der Waals surface area contributed by atoms with Crippen LogP contribution in [0.3, 0.4) is 0 Å². The number of hydrogen-bond donors (Lipinski definition) is 1. The lowest BCUT2D eigenvalue weighted by atomic mass is 10.2. The van der Waals surface area contributed by atoms with E-state index in [4.69, 9.17) is 16.3 Å². The Hall–Kier alpha value is -2.35. The number of urea groups is 1. The molecule has 0 unspecified atom stereocenters. The fraction of sp³-hybridized carbons (Fsp3) is 0.429. The van der Waals surface area contributed by atoms with Gasteiger partial charge >= 0.3 is 6.03 Å². The second kappa shape index (κ2) is 9.43. The van der Waals surface area contributed by atoms with Crippen molar-refractivity contribution in [2.75, 3.05) is 62.7 Å². The molecule has 0 atom stereocenters. The number of nitrogens with zero attached hydrogens (tertiary/aromatic N) is 4. The Labute approximate surface area is 176 Å². The number of aromatic nitrogens is 1. The number of halogens is 1. The highest BCUT2D eigenvalue weighted by atomic mass is 35.5. The smallest absolute Gasteiger partial charge is 0.321 e. The summed E-state index contributed by atoms with van der Waals surface area (Å²) in [5.74, 6) is 0. The van der Waals surface area contributed by atoms with Gasteiger partial charge in [0.05, 0.1) is 24.6 Å². The van der Waals surface area contributed by atoms with Crippen LogP contribution in [-0.4, -0.2) is 73.3 Å². The number of benzene rings is 1. The van der Waals surface area contributed by atoms with Crippen molar-refractivity contribution in [3.63, 3.8) is 0 Å². The van der Waals surface area contributed by atoms with Crippen molar-refractivity contribution in [3.8, 4) is 0 Å². The first-order valence-electron chi connectivity index (χ1n) is 9.98. The molecule has 2 saturated heterocycles. The molecule has 2 amide bonds. The SMILES string of the molecule is O=C(Nc1cc(Cl)ccc1N1CCOCC1)N1CCN(Cc2ccncc2)CC1. The third-order valence-corrected chi connectivity index (χ3v) is 5.60. The van der Waals surface area contributed by atoms with Crippen LogP contribution in [-0.2, 0) is 11.3 Å². The van der Waals surface area contributed by atoms with Gasteiger partial charge in [0, 0.05) is 63.2 Å². The number of carbonyl (C=O) groups excluding carboxylic acids is 1. The highest BCUT2D eigenvalue weighted by Gasteiger charge is 2.23. The highest BCUT2D eigenvalue weighted by Crippen LogP contribution is 2.30. The quantitative estimate of drug-likeness (QED) is 0.831. The van der Waals surface area contributed by atoms with Gasteiger partial charge in [-0.1, -0.05) is 11.6 Å². The summed E-state index contributed by atoms with van der Waals surface area (Å²) in [6, 6.07) is 9.64. The fourth-order valence-electron chi connectivity index (χ4n) is 3.74. The predicted octanol–water partition coefficient (Wildman–Crippen LogP) is 2.92. The maximum absolute atomic E-state index is 12.9. The largest absolute Gasteiger partial charge is 0.378 e. The molecule has 3 heterocycles. The number of carbonyl (C=O) groups is 1. The van der Waals surface area contributed by atoms with E-state index in [0.29, 0.717) is 31.3 Å². The van der Waals surface area contributed by atoms with E-state index in [1.165, 1.54) is 5.56 Å². The molecule has 0 saturated carbocycles. The summed E-state index contributed by atoms with van der Waals surface area (Å²) in [7, 11) is 0. The number of ether oxygens (including phenoxy) is 1. The van der Waals surface area contributed by atoms with Crippen molar-refractivity contribution in [2.24, 2.45) is 0 Å². The highest BCUT2D eigenvalue weighted by molar-refractivity contribution is 6.31. The van der Waals surface area contributed by atoms with Crippen molar-refractivity contribution >= 4 is 29.0 Å². The van der Waals surface area contributed by atoms with Gasteiger partial charge < -0.3 is 19.9 Å². The zero-order valence-electron chi connectivity index (χ0n) is 16.4. The van der Waals surface area contributed by atoms with Crippen LogP contribution in [0.2, 0.25) is 5.02 Å². The van der Waals surface area contributed by atoms with Crippen molar-refractivity contribution in [1.29, 1.82) is 0 Å². The number of morpholine rings is 1. The summed E-state index contributed by atoms with van der Waals surface area (Å²) in [5, 5.41) is 3.69. The van der Waals surface area contributed by atoms with Crippen LogP contribution < -0.4 is 10.2 Å². The molecule has 0 bridgehead atoms. The predicted molar refractivity (Wildman–Crippen MR) is 115 cm³/mol. The molecule has 29 heavy (non-hydrogen) atoms. The second-order valence-electron chi connectivity index (χ2n) is 7.31. The van der Waals surface area contributed by atoms with E-state index < -0.39 is 0 Å². The lowest BCUT2D eigenvalue weighted by Crippen LogP contribution is -2.49. The molecule has 8 heteroatoms. The van der Waals surface area contributed by atoms with Gasteiger partial charge in [-0.3, -0.25) is 9.88 Å². The van der Waals surface area contributed by atoms with Crippen LogP contribution >= 0.6 is 11.6 Å². The Morgan fingerprint density at radius 3 is 2.48 bits per heavy atom. The van der Waals surface area contributed by atoms with Crippen molar-refractivity contribution in [3.05, 3.63) is 53.3 Å². The molecule has 0 spiro atoms. The summed E-state index contributed by atoms with van der Waals surface area (Å²) in [4.78, 5) is 23.4. The summed E-state index contributed by atoms with van der Waals surface area (Å²) in [5.41, 5.74) is 2.98. The van der Waals surface area contributed by atoms with Crippen molar-refractivity contribution < 1.29 is 9.53 Å². The summed E-state index contributed by atoms with van der Waals surface area (Å²) in [6.07, 6.45) is 3.63. The number of pyridine rings is 1. The Kier molecular flexibility index (Phi) is 6.49. The van der Waals surface area contributed by atoms with Crippen LogP contribution in [0.5, 0.6) is 0 Å². The Balaban J connectivity index is 1.36. The van der Waals surface area contributed by atoms with Gasteiger partial charge in [-0.2, -0.15) is 0 Å². The third kappa shape index (κ3) is 5.18. The van der Waals surface area contributed by atoms with Crippen LogP contribution in [0, 0.1) is 0 Å². The number of nitrogens with one attached hydrogen (secondary N) is 1. The molecule has 2 fully saturated rings. The number of amides is 2. The molecular weight excluding hydrogens is 390 g/mol. The molecule has 0 aliphatic carbocycles. The van der Waals surface area contributed by atoms with Crippen molar-refractivity contribution in [1.82, 2.24) is 14.8 Å². The lowest BCUT2D eigenvalue weighted by molar-refractivity contribution is 0.123. The fourth-order valence-corrected chi connectivity index (χ4v) is 3.91. The standard InChI is InChI=1S/C21H26ClN5O2/c22-18-1-2-20(26-11-13-29-14-12-26)19(15-18)24-21(28)27-9-7-25(8-10-27)16-17-3-5-23-6-4-17/h1-6,15H,7-14,16H2,(H,24,28). The first-order valence-corrected chi connectivity index (χ1v) is 10.4. The van der Waals surface area contributed by atoms with Gasteiger partial charge in [0.25, 0.3) is 0 Å². The van der Waals surface area contributed by atoms with E-state index in [9.17, 15) is 4.79 Å². The van der Waals surface area contributed by atoms with E-state index in [2.05, 4.69) is 20.1 Å². The second-order valence-corrected chi connectivity index (χ2v) is 7.75. The molecule has 2 aromatic rings. The minimum absolute atomic E-state index is 0.0784. The zero-order valence-corrected chi connectivity index (χ0v) is 17.1. The average Bonchev–Trinajstić information content (AvgIpc) is 2.76. The number of hydrogen-bond acceptors (Lipinski definition) is 5. The Morgan fingerprint density at radius 2 is 1.76 bits per heavy atom. The van der Waals surface area contributed by atoms with Gasteiger partial charge in [0.1, 0.15) is 0 Å². The van der Waals surface area contributed by atoms with Crippen LogP contribution in [0.4, 0.5) is 16.2 Å². The summed E-state index contributed by atoms with van der Waals surface area (Å²) in [6.45, 7) is 6.96. The van der Waals surface area contributed by atoms with E-state index in [-0.39, 0.29) is 6.03 Å². The van der Waals surface area contributed by atoms with Gasteiger partial charge in [0.15, 0.2) is 0 Å². The first-order chi connectivity index (χ1) is 14.2. The van der Waals surface area contributed by atoms with E-state index in [1.54, 1.807) is 0 Å². The lowest BCUT2D eigenvalue weighted by Gasteiger charge is -2.35. The Bertz CT molecular complexity index is 821. The van der Waals surface area contributed by atoms with Gasteiger partial charge in [-0.15, -0.1) is 0 Å². The van der Waals surface area contributed by atoms with Crippen molar-refractivity contribution in [2.45, 2.75) is 6.54 Å². The average molecular weight is 416 g/mol. The topological polar surface area (TPSA) is 60.9 Å². The maximum atomic E-state index is 12.9. The molecule has 4 rings (SSSR count). The monoisotopic (exact) mass is 415 g/mol.